The highest BCUT2D eigenvalue weighted by Crippen LogP contribution is 2.34. The molecule has 0 fully saturated rings. The summed E-state index contributed by atoms with van der Waals surface area (Å²) in [5.74, 6) is -9.71. The molecule has 2 amide bonds. The van der Waals surface area contributed by atoms with Crippen LogP contribution in [0, 0.1) is 17.5 Å². The van der Waals surface area contributed by atoms with Crippen molar-refractivity contribution in [2.75, 3.05) is 0 Å². The molecule has 18 heteroatoms. The third kappa shape index (κ3) is 8.60. The normalized spacial score (nSPS) is 12.5. The minimum absolute atomic E-state index is 0.135. The number of halogens is 10. The second-order valence-corrected chi connectivity index (χ2v) is 8.76. The molecule has 0 aromatic heterocycles. The lowest BCUT2D eigenvalue weighted by Gasteiger charge is -2.23. The Labute approximate surface area is 244 Å². The number of alkyl halides is 7. The fraction of sp³-hybridized carbons (Fsp3) is 0.148. The largest absolute Gasteiger partial charge is 0.461 e. The van der Waals surface area contributed by atoms with E-state index in [4.69, 9.17) is 5.53 Å². The van der Waals surface area contributed by atoms with Crippen LogP contribution in [0.25, 0.3) is 16.5 Å². The summed E-state index contributed by atoms with van der Waals surface area (Å²) in [5.41, 5.74) is 4.30. The van der Waals surface area contributed by atoms with E-state index in [-0.39, 0.29) is 17.7 Å². The first-order chi connectivity index (χ1) is 20.9. The predicted octanol–water partition coefficient (Wildman–Crippen LogP) is 7.30. The fourth-order valence-electron chi connectivity index (χ4n) is 3.67. The molecule has 236 valence electrons. The van der Waals surface area contributed by atoms with E-state index in [0.29, 0.717) is 36.4 Å². The standard InChI is InChI=1S/C27H14F10N4O4/c28-16-8-15(9-17(11-16)45-27(36,37)25(31)32)22(39-23(43)14-2-5-20(30)18(10-14)26(33,34)35)13-1-4-19(29)12(7-13)3-6-21(42)24(44)40-41-38/h1-11,22,25H,(H,39,43)/b6-3+. The van der Waals surface area contributed by atoms with Gasteiger partial charge in [-0.1, -0.05) is 6.07 Å². The Hall–Kier alpha value is -5.38. The van der Waals surface area contributed by atoms with Crippen molar-refractivity contribution >= 4 is 23.7 Å². The minimum atomic E-state index is -5.24. The number of rotatable bonds is 10. The number of amides is 2. The van der Waals surface area contributed by atoms with Crippen molar-refractivity contribution in [2.45, 2.75) is 24.8 Å². The Morgan fingerprint density at radius 1 is 0.889 bits per heavy atom. The number of hydrogen-bond donors (Lipinski definition) is 1. The Morgan fingerprint density at radius 2 is 1.56 bits per heavy atom. The Kier molecular flexibility index (Phi) is 10.2. The number of azide groups is 1. The van der Waals surface area contributed by atoms with Crippen molar-refractivity contribution in [3.05, 3.63) is 116 Å². The first-order valence-corrected chi connectivity index (χ1v) is 11.9. The summed E-state index contributed by atoms with van der Waals surface area (Å²) in [6.45, 7) is 0. The highest BCUT2D eigenvalue weighted by Gasteiger charge is 2.44. The summed E-state index contributed by atoms with van der Waals surface area (Å²) in [7, 11) is 0. The van der Waals surface area contributed by atoms with Crippen LogP contribution in [0.3, 0.4) is 0 Å². The number of nitrogens with one attached hydrogen (secondary N) is 1. The minimum Gasteiger partial charge on any atom is -0.428 e. The average Bonchev–Trinajstić information content (AvgIpc) is 2.94. The Bertz CT molecular complexity index is 1720. The number of hydrogen-bond acceptors (Lipinski definition) is 4. The fourth-order valence-corrected chi connectivity index (χ4v) is 3.67. The monoisotopic (exact) mass is 648 g/mol. The van der Waals surface area contributed by atoms with E-state index in [1.807, 2.05) is 0 Å². The van der Waals surface area contributed by atoms with E-state index in [2.05, 4.69) is 20.1 Å². The zero-order valence-corrected chi connectivity index (χ0v) is 21.8. The van der Waals surface area contributed by atoms with Crippen LogP contribution in [0.2, 0.25) is 0 Å². The molecule has 0 saturated heterocycles. The lowest BCUT2D eigenvalue weighted by atomic mass is 9.95. The van der Waals surface area contributed by atoms with E-state index in [0.717, 1.165) is 18.2 Å². The van der Waals surface area contributed by atoms with Gasteiger partial charge in [-0.15, -0.1) is 0 Å². The topological polar surface area (TPSA) is 121 Å². The summed E-state index contributed by atoms with van der Waals surface area (Å²) in [6, 6.07) is 3.26. The van der Waals surface area contributed by atoms with Crippen molar-refractivity contribution in [3.8, 4) is 5.75 Å². The van der Waals surface area contributed by atoms with Crippen molar-refractivity contribution < 1.29 is 63.0 Å². The van der Waals surface area contributed by atoms with E-state index in [9.17, 15) is 58.3 Å². The van der Waals surface area contributed by atoms with E-state index in [1.165, 1.54) is 0 Å². The maximum atomic E-state index is 14.6. The van der Waals surface area contributed by atoms with Gasteiger partial charge in [-0.05, 0) is 76.4 Å². The molecule has 0 heterocycles. The van der Waals surface area contributed by atoms with Gasteiger partial charge < -0.3 is 10.1 Å². The van der Waals surface area contributed by atoms with Crippen LogP contribution in [0.1, 0.15) is 38.7 Å². The number of benzene rings is 3. The van der Waals surface area contributed by atoms with Gasteiger partial charge in [0.2, 0.25) is 5.78 Å². The van der Waals surface area contributed by atoms with Gasteiger partial charge in [-0.25, -0.2) is 13.2 Å². The molecule has 0 aliphatic carbocycles. The molecule has 0 bridgehead atoms. The molecule has 0 saturated carbocycles. The third-order valence-electron chi connectivity index (χ3n) is 5.66. The summed E-state index contributed by atoms with van der Waals surface area (Å²) < 4.78 is 139. The Morgan fingerprint density at radius 3 is 2.18 bits per heavy atom. The van der Waals surface area contributed by atoms with Gasteiger partial charge in [0.05, 0.1) is 11.6 Å². The molecule has 45 heavy (non-hydrogen) atoms. The second kappa shape index (κ2) is 13.5. The number of ether oxygens (including phenoxy) is 1. The molecular weight excluding hydrogens is 634 g/mol. The molecule has 0 spiro atoms. The highest BCUT2D eigenvalue weighted by atomic mass is 19.4. The zero-order chi connectivity index (χ0) is 33.7. The van der Waals surface area contributed by atoms with Crippen LogP contribution in [0.4, 0.5) is 43.9 Å². The smallest absolute Gasteiger partial charge is 0.428 e. The first-order valence-electron chi connectivity index (χ1n) is 11.9. The van der Waals surface area contributed by atoms with Gasteiger partial charge >= 0.3 is 18.7 Å². The third-order valence-corrected chi connectivity index (χ3v) is 5.66. The molecular formula is C27H14F10N4O4. The quantitative estimate of drug-likeness (QED) is 0.0620. The molecule has 1 atom stereocenters. The predicted molar refractivity (Wildman–Crippen MR) is 133 cm³/mol. The molecule has 0 aliphatic heterocycles. The van der Waals surface area contributed by atoms with Crippen LogP contribution in [-0.2, 0) is 15.8 Å². The van der Waals surface area contributed by atoms with E-state index in [1.54, 1.807) is 0 Å². The average molecular weight is 648 g/mol. The van der Waals surface area contributed by atoms with E-state index < -0.39 is 87.8 Å². The number of carbonyl (C=O) groups is 3. The van der Waals surface area contributed by atoms with Crippen LogP contribution >= 0.6 is 0 Å². The van der Waals surface area contributed by atoms with Gasteiger partial charge in [0, 0.05) is 22.1 Å². The molecule has 3 rings (SSSR count). The first kappa shape index (κ1) is 34.1. The van der Waals surface area contributed by atoms with Gasteiger partial charge in [-0.2, -0.15) is 30.7 Å². The summed E-state index contributed by atoms with van der Waals surface area (Å²) in [5, 5.41) is 4.68. The molecule has 0 radical (unpaired) electrons. The molecule has 3 aromatic rings. The summed E-state index contributed by atoms with van der Waals surface area (Å²) in [6.07, 6.45) is -13.5. The Balaban J connectivity index is 2.15. The zero-order valence-electron chi connectivity index (χ0n) is 21.8. The van der Waals surface area contributed by atoms with Gasteiger partial charge in [0.1, 0.15) is 23.2 Å². The van der Waals surface area contributed by atoms with Gasteiger partial charge in [0.25, 0.3) is 11.8 Å². The van der Waals surface area contributed by atoms with Gasteiger partial charge in [0.15, 0.2) is 0 Å². The lowest BCUT2D eigenvalue weighted by Crippen LogP contribution is -2.33. The number of ketones is 1. The van der Waals surface area contributed by atoms with Crippen molar-refractivity contribution in [1.82, 2.24) is 5.32 Å². The van der Waals surface area contributed by atoms with Crippen LogP contribution in [0.5, 0.6) is 5.75 Å². The van der Waals surface area contributed by atoms with Crippen molar-refractivity contribution in [3.63, 3.8) is 0 Å². The molecule has 3 aromatic carbocycles. The van der Waals surface area contributed by atoms with Crippen molar-refractivity contribution in [2.24, 2.45) is 5.11 Å². The van der Waals surface area contributed by atoms with Crippen LogP contribution in [-0.4, -0.2) is 30.1 Å². The van der Waals surface area contributed by atoms with Crippen molar-refractivity contribution in [1.29, 1.82) is 0 Å². The van der Waals surface area contributed by atoms with Gasteiger partial charge in [-0.3, -0.25) is 14.4 Å². The summed E-state index contributed by atoms with van der Waals surface area (Å²) in [4.78, 5) is 38.3. The summed E-state index contributed by atoms with van der Waals surface area (Å²) >= 11 is 0. The van der Waals surface area contributed by atoms with E-state index >= 15 is 0 Å². The molecule has 1 N–H and O–H groups in total. The number of nitrogens with zero attached hydrogens (tertiary/aromatic N) is 3. The number of carbonyl (C=O) groups excluding carboxylic acids is 3. The lowest BCUT2D eigenvalue weighted by molar-refractivity contribution is -0.253. The maximum absolute atomic E-state index is 14.6. The van der Waals surface area contributed by atoms with Crippen LogP contribution in [0.15, 0.2) is 65.8 Å². The molecule has 8 nitrogen and oxygen atoms in total. The highest BCUT2D eigenvalue weighted by molar-refractivity contribution is 6.41. The second-order valence-electron chi connectivity index (χ2n) is 8.76. The molecule has 0 aliphatic rings. The van der Waals surface area contributed by atoms with Crippen LogP contribution < -0.4 is 10.1 Å². The SMILES string of the molecule is [N-]=[N+]=NC(=O)C(=O)/C=C/c1cc(C(NC(=O)c2ccc(F)c(C(F)(F)F)c2)c2cc(F)cc(OC(F)(F)C(F)F)c2)ccc1F. The maximum Gasteiger partial charge on any atom is 0.461 e. The molecule has 1 unspecified atom stereocenters.